The molecule has 0 atom stereocenters. The number of urea groups is 1. The van der Waals surface area contributed by atoms with Gasteiger partial charge in [-0.2, -0.15) is 0 Å². The Labute approximate surface area is 177 Å². The number of carbonyl (C=O) groups excluding carboxylic acids is 5. The van der Waals surface area contributed by atoms with Crippen molar-refractivity contribution in [3.63, 3.8) is 0 Å². The van der Waals surface area contributed by atoms with Gasteiger partial charge in [0.15, 0.2) is 6.61 Å². The zero-order valence-corrected chi connectivity index (χ0v) is 16.5. The van der Waals surface area contributed by atoms with Crippen LogP contribution in [-0.4, -0.2) is 56.6 Å². The van der Waals surface area contributed by atoms with Gasteiger partial charge >= 0.3 is 12.0 Å². The number of benzene rings is 2. The highest BCUT2D eigenvalue weighted by Gasteiger charge is 2.36. The van der Waals surface area contributed by atoms with Crippen LogP contribution in [0.4, 0.5) is 10.5 Å². The number of hydrogen-bond donors (Lipinski definition) is 2. The van der Waals surface area contributed by atoms with Gasteiger partial charge in [-0.05, 0) is 36.4 Å². The normalized spacial score (nSPS) is 12.4. The molecule has 3 rings (SSSR count). The van der Waals surface area contributed by atoms with Gasteiger partial charge in [0.25, 0.3) is 17.7 Å². The van der Waals surface area contributed by atoms with Crippen LogP contribution >= 0.6 is 0 Å². The number of rotatable bonds is 7. The monoisotopic (exact) mass is 425 g/mol. The Balaban J connectivity index is 1.55. The summed E-state index contributed by atoms with van der Waals surface area (Å²) in [5, 5.41) is 4.39. The molecule has 31 heavy (non-hydrogen) atoms. The highest BCUT2D eigenvalue weighted by atomic mass is 16.5. The van der Waals surface area contributed by atoms with Gasteiger partial charge in [-0.1, -0.05) is 12.1 Å². The molecule has 0 bridgehead atoms. The van der Waals surface area contributed by atoms with E-state index in [1.165, 1.54) is 31.4 Å². The molecule has 2 aromatic carbocycles. The highest BCUT2D eigenvalue weighted by Crippen LogP contribution is 2.28. The fourth-order valence-corrected chi connectivity index (χ4v) is 2.86. The summed E-state index contributed by atoms with van der Waals surface area (Å²) < 4.78 is 9.63. The van der Waals surface area contributed by atoms with Crippen molar-refractivity contribution < 1.29 is 33.4 Å². The Hall–Kier alpha value is -4.05. The number of anilines is 1. The van der Waals surface area contributed by atoms with Crippen molar-refractivity contribution in [2.75, 3.05) is 31.8 Å². The molecular formula is C21H19N3O7. The maximum atomic E-state index is 12.5. The van der Waals surface area contributed by atoms with E-state index in [2.05, 4.69) is 5.32 Å². The Morgan fingerprint density at radius 1 is 0.935 bits per heavy atom. The molecule has 0 aliphatic carbocycles. The summed E-state index contributed by atoms with van der Waals surface area (Å²) in [4.78, 5) is 61.3. The van der Waals surface area contributed by atoms with Gasteiger partial charge in [0, 0.05) is 13.7 Å². The van der Waals surface area contributed by atoms with Crippen LogP contribution in [0.25, 0.3) is 0 Å². The predicted octanol–water partition coefficient (Wildman–Crippen LogP) is 1.12. The summed E-state index contributed by atoms with van der Waals surface area (Å²) in [5.41, 5.74) is 1.03. The summed E-state index contributed by atoms with van der Waals surface area (Å²) in [6.45, 7) is -0.154. The van der Waals surface area contributed by atoms with Crippen LogP contribution < -0.4 is 15.5 Å². The lowest BCUT2D eigenvalue weighted by Crippen LogP contribution is -2.42. The smallest absolute Gasteiger partial charge is 0.338 e. The summed E-state index contributed by atoms with van der Waals surface area (Å²) in [6, 6.07) is 11.4. The van der Waals surface area contributed by atoms with Crippen molar-refractivity contribution in [3.05, 3.63) is 65.2 Å². The molecule has 0 unspecified atom stereocenters. The van der Waals surface area contributed by atoms with E-state index >= 15 is 0 Å². The molecule has 1 aliphatic rings. The number of amides is 5. The molecule has 2 aromatic rings. The molecule has 0 aromatic heterocycles. The van der Waals surface area contributed by atoms with Crippen LogP contribution in [-0.2, 0) is 14.3 Å². The maximum absolute atomic E-state index is 12.5. The molecule has 0 saturated carbocycles. The molecule has 10 nitrogen and oxygen atoms in total. The second-order valence-corrected chi connectivity index (χ2v) is 6.41. The molecular weight excluding hydrogens is 406 g/mol. The number of fused-ring (bicyclic) bond motifs is 1. The third kappa shape index (κ3) is 4.93. The van der Waals surface area contributed by atoms with Crippen LogP contribution in [0.3, 0.4) is 0 Å². The van der Waals surface area contributed by atoms with Gasteiger partial charge in [0.2, 0.25) is 0 Å². The third-order valence-electron chi connectivity index (χ3n) is 4.33. The maximum Gasteiger partial charge on any atom is 0.338 e. The Bertz CT molecular complexity index is 999. The molecule has 160 valence electrons. The van der Waals surface area contributed by atoms with Gasteiger partial charge in [-0.3, -0.25) is 19.7 Å². The number of nitrogens with zero attached hydrogens (tertiary/aromatic N) is 1. The summed E-state index contributed by atoms with van der Waals surface area (Å²) >= 11 is 0. The van der Waals surface area contributed by atoms with Crippen molar-refractivity contribution in [1.82, 2.24) is 10.6 Å². The first-order valence-electron chi connectivity index (χ1n) is 9.24. The van der Waals surface area contributed by atoms with E-state index in [4.69, 9.17) is 9.47 Å². The molecule has 0 saturated heterocycles. The van der Waals surface area contributed by atoms with E-state index in [9.17, 15) is 24.0 Å². The quantitative estimate of drug-likeness (QED) is 0.386. The lowest BCUT2D eigenvalue weighted by atomic mass is 10.1. The molecule has 5 amide bonds. The van der Waals surface area contributed by atoms with Gasteiger partial charge in [0.05, 0.1) is 29.0 Å². The minimum atomic E-state index is -0.802. The molecule has 10 heteroatoms. The van der Waals surface area contributed by atoms with Crippen molar-refractivity contribution in [2.45, 2.75) is 0 Å². The minimum absolute atomic E-state index is 0.109. The molecule has 0 fully saturated rings. The Morgan fingerprint density at radius 2 is 1.55 bits per heavy atom. The Morgan fingerprint density at radius 3 is 2.13 bits per heavy atom. The minimum Gasteiger partial charge on any atom is -0.452 e. The van der Waals surface area contributed by atoms with Crippen molar-refractivity contribution in [2.24, 2.45) is 0 Å². The number of ether oxygens (including phenoxy) is 2. The van der Waals surface area contributed by atoms with E-state index in [1.807, 2.05) is 5.32 Å². The van der Waals surface area contributed by atoms with Crippen molar-refractivity contribution in [3.8, 4) is 0 Å². The van der Waals surface area contributed by atoms with E-state index in [0.29, 0.717) is 16.8 Å². The zero-order valence-electron chi connectivity index (χ0n) is 16.5. The van der Waals surface area contributed by atoms with Crippen molar-refractivity contribution in [1.29, 1.82) is 0 Å². The van der Waals surface area contributed by atoms with Crippen LogP contribution in [0, 0.1) is 0 Å². The average Bonchev–Trinajstić information content (AvgIpc) is 3.03. The molecule has 0 spiro atoms. The first-order chi connectivity index (χ1) is 14.9. The van der Waals surface area contributed by atoms with E-state index in [1.54, 1.807) is 24.3 Å². The number of imide groups is 2. The highest BCUT2D eigenvalue weighted by molar-refractivity contribution is 6.34. The van der Waals surface area contributed by atoms with Gasteiger partial charge in [0.1, 0.15) is 0 Å². The fraction of sp³-hybridized carbons (Fsp3) is 0.190. The summed E-state index contributed by atoms with van der Waals surface area (Å²) in [6.07, 6.45) is 0. The first-order valence-corrected chi connectivity index (χ1v) is 9.24. The predicted molar refractivity (Wildman–Crippen MR) is 108 cm³/mol. The first kappa shape index (κ1) is 21.7. The van der Waals surface area contributed by atoms with E-state index < -0.39 is 36.3 Å². The lowest BCUT2D eigenvalue weighted by molar-refractivity contribution is -0.123. The van der Waals surface area contributed by atoms with Crippen LogP contribution in [0.1, 0.15) is 31.1 Å². The van der Waals surface area contributed by atoms with E-state index in [0.717, 1.165) is 4.90 Å². The number of carbonyl (C=O) groups is 5. The number of methoxy groups -OCH3 is 1. The third-order valence-corrected chi connectivity index (χ3v) is 4.33. The fourth-order valence-electron chi connectivity index (χ4n) is 2.86. The number of hydrogen-bond acceptors (Lipinski definition) is 7. The molecule has 1 heterocycles. The number of nitrogens with one attached hydrogen (secondary N) is 2. The second kappa shape index (κ2) is 9.63. The zero-order chi connectivity index (χ0) is 22.4. The average molecular weight is 425 g/mol. The lowest BCUT2D eigenvalue weighted by Gasteiger charge is -2.14. The second-order valence-electron chi connectivity index (χ2n) is 6.41. The van der Waals surface area contributed by atoms with Gasteiger partial charge in [-0.15, -0.1) is 0 Å². The molecule has 0 radical (unpaired) electrons. The van der Waals surface area contributed by atoms with E-state index in [-0.39, 0.29) is 18.7 Å². The number of esters is 1. The van der Waals surface area contributed by atoms with Crippen LogP contribution in [0.5, 0.6) is 0 Å². The van der Waals surface area contributed by atoms with Gasteiger partial charge < -0.3 is 14.8 Å². The Kier molecular flexibility index (Phi) is 6.73. The van der Waals surface area contributed by atoms with Crippen molar-refractivity contribution >= 4 is 35.4 Å². The molecule has 1 aliphatic heterocycles. The SMILES string of the molecule is COCCNC(=O)NC(=O)COC(=O)c1ccc(N2C(=O)c3ccccc3C2=O)cc1. The summed E-state index contributed by atoms with van der Waals surface area (Å²) in [7, 11) is 1.47. The van der Waals surface area contributed by atoms with Gasteiger partial charge in [-0.25, -0.2) is 14.5 Å². The standard InChI is InChI=1S/C21H19N3O7/c1-30-11-10-22-21(29)23-17(25)12-31-20(28)13-6-8-14(9-7-13)24-18(26)15-4-2-3-5-16(15)19(24)27/h2-9H,10-12H2,1H3,(H2,22,23,25,29). The van der Waals surface area contributed by atoms with Crippen LogP contribution in [0.2, 0.25) is 0 Å². The van der Waals surface area contributed by atoms with Crippen LogP contribution in [0.15, 0.2) is 48.5 Å². The largest absolute Gasteiger partial charge is 0.452 e. The topological polar surface area (TPSA) is 131 Å². The molecule has 2 N–H and O–H groups in total. The summed E-state index contributed by atoms with van der Waals surface area (Å²) in [5.74, 6) is -2.50.